The van der Waals surface area contributed by atoms with Gasteiger partial charge in [0.25, 0.3) is 0 Å². The average molecular weight is 458 g/mol. The summed E-state index contributed by atoms with van der Waals surface area (Å²) < 4.78 is 40.8. The summed E-state index contributed by atoms with van der Waals surface area (Å²) in [4.78, 5) is 29.8. The number of fused-ring (bicyclic) bond motifs is 3. The second-order valence-corrected chi connectivity index (χ2v) is 8.34. The lowest BCUT2D eigenvalue weighted by Gasteiger charge is -2.35. The van der Waals surface area contributed by atoms with Crippen LogP contribution in [0.5, 0.6) is 17.2 Å². The Kier molecular flexibility index (Phi) is 5.78. The third-order valence-electron chi connectivity index (χ3n) is 6.10. The number of carbonyl (C=O) groups is 2. The van der Waals surface area contributed by atoms with E-state index < -0.39 is 6.61 Å². The smallest absolute Gasteiger partial charge is 0.387 e. The minimum Gasteiger partial charge on any atom is -0.486 e. The maximum atomic E-state index is 13.0. The Labute approximate surface area is 189 Å². The van der Waals surface area contributed by atoms with Gasteiger partial charge in [-0.2, -0.15) is 8.78 Å². The molecule has 7 nitrogen and oxygen atoms in total. The van der Waals surface area contributed by atoms with E-state index in [0.29, 0.717) is 49.8 Å². The first-order valence-electron chi connectivity index (χ1n) is 11.0. The summed E-state index contributed by atoms with van der Waals surface area (Å²) >= 11 is 0. The van der Waals surface area contributed by atoms with Gasteiger partial charge in [0.05, 0.1) is 13.1 Å². The lowest BCUT2D eigenvalue weighted by atomic mass is 10.0. The van der Waals surface area contributed by atoms with E-state index in [0.717, 1.165) is 24.1 Å². The molecule has 3 aliphatic rings. The lowest BCUT2D eigenvalue weighted by Crippen LogP contribution is -2.41. The fraction of sp³-hybridized carbons (Fsp3) is 0.417. The van der Waals surface area contributed by atoms with Gasteiger partial charge in [-0.15, -0.1) is 0 Å². The van der Waals surface area contributed by atoms with Crippen molar-refractivity contribution in [2.75, 3.05) is 31.2 Å². The Morgan fingerprint density at radius 1 is 1.09 bits per heavy atom. The van der Waals surface area contributed by atoms with Crippen LogP contribution in [0.25, 0.3) is 0 Å². The van der Waals surface area contributed by atoms with E-state index >= 15 is 0 Å². The first-order valence-corrected chi connectivity index (χ1v) is 11.0. The summed E-state index contributed by atoms with van der Waals surface area (Å²) in [6, 6.07) is 9.64. The average Bonchev–Trinajstić information content (AvgIpc) is 3.64. The predicted molar refractivity (Wildman–Crippen MR) is 115 cm³/mol. The summed E-state index contributed by atoms with van der Waals surface area (Å²) in [6.07, 6.45) is 2.31. The monoisotopic (exact) mass is 458 g/mol. The standard InChI is InChI=1S/C24H24F2N2O5/c25-24(26)33-17-5-1-15(2-6-17)20(29)14-27-10-9-22(30)28(16-3-4-16)13-18-19(27)7-8-21-23(18)32-12-11-31-21/h1-2,5-8,16,24H,3-4,9-14H2. The van der Waals surface area contributed by atoms with Gasteiger partial charge in [-0.25, -0.2) is 0 Å². The highest BCUT2D eigenvalue weighted by Gasteiger charge is 2.36. The number of rotatable bonds is 6. The summed E-state index contributed by atoms with van der Waals surface area (Å²) in [7, 11) is 0. The number of ether oxygens (including phenoxy) is 3. The van der Waals surface area contributed by atoms with E-state index in [9.17, 15) is 18.4 Å². The second-order valence-electron chi connectivity index (χ2n) is 8.34. The van der Waals surface area contributed by atoms with Gasteiger partial charge in [0, 0.05) is 35.8 Å². The number of hydrogen-bond acceptors (Lipinski definition) is 6. The molecule has 0 radical (unpaired) electrons. The molecule has 0 bridgehead atoms. The van der Waals surface area contributed by atoms with E-state index in [-0.39, 0.29) is 30.0 Å². The molecule has 174 valence electrons. The number of anilines is 1. The molecule has 1 fully saturated rings. The number of benzene rings is 2. The van der Waals surface area contributed by atoms with Gasteiger partial charge in [0.15, 0.2) is 17.3 Å². The number of hydrogen-bond donors (Lipinski definition) is 0. The molecule has 0 saturated heterocycles. The molecule has 0 unspecified atom stereocenters. The van der Waals surface area contributed by atoms with Crippen molar-refractivity contribution in [2.24, 2.45) is 0 Å². The fourth-order valence-electron chi connectivity index (χ4n) is 4.34. The van der Waals surface area contributed by atoms with Gasteiger partial charge in [-0.05, 0) is 49.2 Å². The molecule has 9 heteroatoms. The Bertz CT molecular complexity index is 1060. The molecule has 0 spiro atoms. The molecule has 2 aromatic carbocycles. The van der Waals surface area contributed by atoms with Crippen LogP contribution in [0.1, 0.15) is 35.2 Å². The largest absolute Gasteiger partial charge is 0.486 e. The zero-order valence-electron chi connectivity index (χ0n) is 18.0. The number of amides is 1. The molecule has 0 atom stereocenters. The topological polar surface area (TPSA) is 68.3 Å². The van der Waals surface area contributed by atoms with Crippen LogP contribution in [-0.4, -0.2) is 55.5 Å². The molecule has 0 aromatic heterocycles. The third kappa shape index (κ3) is 4.58. The molecule has 33 heavy (non-hydrogen) atoms. The van der Waals surface area contributed by atoms with E-state index in [2.05, 4.69) is 4.74 Å². The first-order chi connectivity index (χ1) is 16.0. The van der Waals surface area contributed by atoms with Crippen molar-refractivity contribution in [2.45, 2.75) is 38.5 Å². The molecule has 1 amide bonds. The lowest BCUT2D eigenvalue weighted by molar-refractivity contribution is -0.132. The van der Waals surface area contributed by atoms with Gasteiger partial charge in [-0.1, -0.05) is 0 Å². The molecule has 1 aliphatic carbocycles. The van der Waals surface area contributed by atoms with Crippen LogP contribution in [0, 0.1) is 0 Å². The number of ketones is 1. The minimum absolute atomic E-state index is 0.00676. The number of halogens is 2. The van der Waals surface area contributed by atoms with Crippen LogP contribution >= 0.6 is 0 Å². The molecular weight excluding hydrogens is 434 g/mol. The van der Waals surface area contributed by atoms with Gasteiger partial charge in [0.1, 0.15) is 19.0 Å². The predicted octanol–water partition coefficient (Wildman–Crippen LogP) is 3.64. The first kappa shape index (κ1) is 21.5. The normalized spacial score (nSPS) is 18.0. The van der Waals surface area contributed by atoms with Crippen LogP contribution in [0.4, 0.5) is 14.5 Å². The van der Waals surface area contributed by atoms with Crippen molar-refractivity contribution in [3.05, 3.63) is 47.5 Å². The zero-order chi connectivity index (χ0) is 22.9. The van der Waals surface area contributed by atoms with Crippen LogP contribution in [-0.2, 0) is 11.3 Å². The van der Waals surface area contributed by atoms with Crippen molar-refractivity contribution >= 4 is 17.4 Å². The van der Waals surface area contributed by atoms with Crippen molar-refractivity contribution in [1.29, 1.82) is 0 Å². The van der Waals surface area contributed by atoms with Gasteiger partial charge < -0.3 is 24.0 Å². The van der Waals surface area contributed by atoms with Crippen molar-refractivity contribution in [3.8, 4) is 17.2 Å². The number of alkyl halides is 2. The number of nitrogens with zero attached hydrogens (tertiary/aromatic N) is 2. The van der Waals surface area contributed by atoms with Gasteiger partial charge >= 0.3 is 6.61 Å². The summed E-state index contributed by atoms with van der Waals surface area (Å²) in [5.74, 6) is 1.14. The molecule has 1 saturated carbocycles. The quantitative estimate of drug-likeness (QED) is 0.616. The summed E-state index contributed by atoms with van der Waals surface area (Å²) in [6.45, 7) is -1.20. The number of Topliss-reactive ketones (excluding diaryl/α,β-unsaturated/α-hetero) is 1. The van der Waals surface area contributed by atoms with Crippen molar-refractivity contribution in [3.63, 3.8) is 0 Å². The molecule has 2 aliphatic heterocycles. The highest BCUT2D eigenvalue weighted by atomic mass is 19.3. The van der Waals surface area contributed by atoms with Crippen LogP contribution in [0.3, 0.4) is 0 Å². The van der Waals surface area contributed by atoms with Crippen LogP contribution < -0.4 is 19.1 Å². The van der Waals surface area contributed by atoms with Crippen LogP contribution in [0.15, 0.2) is 36.4 Å². The van der Waals surface area contributed by atoms with Gasteiger partial charge in [0.2, 0.25) is 5.91 Å². The van der Waals surface area contributed by atoms with Crippen molar-refractivity contribution < 1.29 is 32.6 Å². The fourth-order valence-corrected chi connectivity index (χ4v) is 4.34. The SMILES string of the molecule is O=C(CN1CCC(=O)N(C2CC2)Cc2c1ccc1c2OCCO1)c1ccc(OC(F)F)cc1. The van der Waals surface area contributed by atoms with Crippen LogP contribution in [0.2, 0.25) is 0 Å². The second kappa shape index (κ2) is 8.88. The van der Waals surface area contributed by atoms with E-state index in [1.807, 2.05) is 21.9 Å². The Morgan fingerprint density at radius 2 is 1.85 bits per heavy atom. The third-order valence-corrected chi connectivity index (χ3v) is 6.10. The van der Waals surface area contributed by atoms with E-state index in [1.165, 1.54) is 24.3 Å². The zero-order valence-corrected chi connectivity index (χ0v) is 18.0. The molecule has 2 aromatic rings. The molecular formula is C24H24F2N2O5. The highest BCUT2D eigenvalue weighted by Crippen LogP contribution is 2.43. The Morgan fingerprint density at radius 3 is 2.58 bits per heavy atom. The maximum Gasteiger partial charge on any atom is 0.387 e. The maximum absolute atomic E-state index is 13.0. The molecule has 0 N–H and O–H groups in total. The highest BCUT2D eigenvalue weighted by molar-refractivity contribution is 5.99. The summed E-state index contributed by atoms with van der Waals surface area (Å²) in [5.41, 5.74) is 2.06. The minimum atomic E-state index is -2.92. The van der Waals surface area contributed by atoms with Gasteiger partial charge in [-0.3, -0.25) is 9.59 Å². The molecule has 5 rings (SSSR count). The summed E-state index contributed by atoms with van der Waals surface area (Å²) in [5, 5.41) is 0. The number of carbonyl (C=O) groups excluding carboxylic acids is 2. The Hall–Kier alpha value is -3.36. The Balaban J connectivity index is 1.43. The van der Waals surface area contributed by atoms with Crippen molar-refractivity contribution in [1.82, 2.24) is 4.90 Å². The van der Waals surface area contributed by atoms with E-state index in [1.54, 1.807) is 0 Å². The van der Waals surface area contributed by atoms with E-state index in [4.69, 9.17) is 9.47 Å². The molecule has 2 heterocycles.